The lowest BCUT2D eigenvalue weighted by molar-refractivity contribution is -0.659. The highest BCUT2D eigenvalue weighted by Crippen LogP contribution is 2.29. The Labute approximate surface area is 157 Å². The van der Waals surface area contributed by atoms with Crippen LogP contribution in [0.5, 0.6) is 0 Å². The summed E-state index contributed by atoms with van der Waals surface area (Å²) in [5.74, 6) is -0.645. The number of carbonyl (C=O) groups is 2. The molecule has 0 spiro atoms. The van der Waals surface area contributed by atoms with Gasteiger partial charge in [0.2, 0.25) is 0 Å². The molecule has 0 bridgehead atoms. The summed E-state index contributed by atoms with van der Waals surface area (Å²) in [6, 6.07) is 15.7. The molecule has 0 unspecified atom stereocenters. The van der Waals surface area contributed by atoms with Crippen molar-refractivity contribution >= 4 is 28.5 Å². The predicted molar refractivity (Wildman–Crippen MR) is 105 cm³/mol. The first-order valence-electron chi connectivity index (χ1n) is 9.03. The Morgan fingerprint density at radius 2 is 1.93 bits per heavy atom. The number of aromatic amines is 1. The molecule has 1 aromatic heterocycles. The van der Waals surface area contributed by atoms with Crippen molar-refractivity contribution in [1.29, 1.82) is 0 Å². The zero-order valence-corrected chi connectivity index (χ0v) is 15.5. The molecule has 0 atom stereocenters. The minimum Gasteiger partial charge on any atom is -0.461 e. The number of quaternary nitrogens is 1. The molecule has 6 nitrogen and oxygen atoms in total. The second kappa shape index (κ2) is 8.51. The number of ether oxygens (including phenoxy) is 1. The topological polar surface area (TPSA) is 87.8 Å². The van der Waals surface area contributed by atoms with Crippen molar-refractivity contribution in [3.63, 3.8) is 0 Å². The number of nitrogens with one attached hydrogen (secondary N) is 2. The van der Waals surface area contributed by atoms with Gasteiger partial charge in [0.15, 0.2) is 6.54 Å². The third kappa shape index (κ3) is 4.54. The third-order valence-corrected chi connectivity index (χ3v) is 4.25. The quantitative estimate of drug-likeness (QED) is 0.561. The van der Waals surface area contributed by atoms with Crippen LogP contribution in [0.3, 0.4) is 0 Å². The Hall–Kier alpha value is -3.12. The molecule has 6 heteroatoms. The largest absolute Gasteiger partial charge is 0.461 e. The lowest BCUT2D eigenvalue weighted by atomic mass is 10.1. The van der Waals surface area contributed by atoms with E-state index >= 15 is 0 Å². The molecule has 0 aliphatic rings. The van der Waals surface area contributed by atoms with Gasteiger partial charge in [-0.1, -0.05) is 42.0 Å². The van der Waals surface area contributed by atoms with Crippen LogP contribution in [0.1, 0.15) is 28.5 Å². The van der Waals surface area contributed by atoms with E-state index in [1.165, 1.54) is 0 Å². The summed E-state index contributed by atoms with van der Waals surface area (Å²) in [5.41, 5.74) is 3.73. The summed E-state index contributed by atoms with van der Waals surface area (Å²) in [6.07, 6.45) is 0. The molecule has 3 aromatic rings. The molecule has 0 aliphatic carbocycles. The van der Waals surface area contributed by atoms with Crippen molar-refractivity contribution in [2.75, 3.05) is 18.5 Å². The minimum absolute atomic E-state index is 0.168. The molecule has 140 valence electrons. The first kappa shape index (κ1) is 18.7. The molecule has 1 amide bonds. The smallest absolute Gasteiger partial charge is 0.356 e. The molecule has 0 saturated carbocycles. The van der Waals surface area contributed by atoms with E-state index in [-0.39, 0.29) is 24.8 Å². The van der Waals surface area contributed by atoms with Crippen molar-refractivity contribution < 1.29 is 19.6 Å². The third-order valence-electron chi connectivity index (χ3n) is 4.25. The summed E-state index contributed by atoms with van der Waals surface area (Å²) in [4.78, 5) is 27.8. The molecule has 0 aliphatic heterocycles. The van der Waals surface area contributed by atoms with E-state index in [2.05, 4.69) is 10.3 Å². The number of fused-ring (bicyclic) bond motifs is 1. The molecule has 0 radical (unpaired) electrons. The number of rotatable bonds is 7. The van der Waals surface area contributed by atoms with Crippen LogP contribution in [0.2, 0.25) is 0 Å². The van der Waals surface area contributed by atoms with Gasteiger partial charge in [0.1, 0.15) is 12.2 Å². The SMILES string of the molecule is CCOC(=O)c1[nH]c2ccc(C)cc2c1NC(=O)C[NH2+]Cc1ccccc1. The van der Waals surface area contributed by atoms with Crippen LogP contribution in [0.15, 0.2) is 48.5 Å². The molecule has 4 N–H and O–H groups in total. The van der Waals surface area contributed by atoms with Crippen LogP contribution in [0.25, 0.3) is 10.9 Å². The van der Waals surface area contributed by atoms with Crippen LogP contribution >= 0.6 is 0 Å². The van der Waals surface area contributed by atoms with Gasteiger partial charge in [-0.3, -0.25) is 4.79 Å². The number of aromatic nitrogens is 1. The van der Waals surface area contributed by atoms with Crippen molar-refractivity contribution in [2.24, 2.45) is 0 Å². The summed E-state index contributed by atoms with van der Waals surface area (Å²) in [5, 5.41) is 5.61. The second-order valence-electron chi connectivity index (χ2n) is 6.38. The number of anilines is 1. The molecular formula is C21H24N3O3+. The van der Waals surface area contributed by atoms with Crippen molar-refractivity contribution in [2.45, 2.75) is 20.4 Å². The van der Waals surface area contributed by atoms with E-state index in [4.69, 9.17) is 4.74 Å². The molecule has 27 heavy (non-hydrogen) atoms. The maximum Gasteiger partial charge on any atom is 0.356 e. The predicted octanol–water partition coefficient (Wildman–Crippen LogP) is 2.36. The van der Waals surface area contributed by atoms with Crippen LogP contribution in [0.4, 0.5) is 5.69 Å². The Balaban J connectivity index is 1.75. The van der Waals surface area contributed by atoms with E-state index < -0.39 is 5.97 Å². The number of H-pyrrole nitrogens is 1. The maximum atomic E-state index is 12.5. The molecule has 0 saturated heterocycles. The molecular weight excluding hydrogens is 342 g/mol. The van der Waals surface area contributed by atoms with Crippen LogP contribution in [-0.2, 0) is 16.1 Å². The van der Waals surface area contributed by atoms with Crippen LogP contribution in [0, 0.1) is 6.92 Å². The van der Waals surface area contributed by atoms with Gasteiger partial charge < -0.3 is 20.4 Å². The molecule has 3 rings (SSSR count). The monoisotopic (exact) mass is 366 g/mol. The summed E-state index contributed by atoms with van der Waals surface area (Å²) >= 11 is 0. The van der Waals surface area contributed by atoms with Gasteiger partial charge in [-0.25, -0.2) is 4.79 Å². The Morgan fingerprint density at radius 1 is 1.15 bits per heavy atom. The molecule has 2 aromatic carbocycles. The van der Waals surface area contributed by atoms with Gasteiger partial charge in [-0.2, -0.15) is 0 Å². The highest BCUT2D eigenvalue weighted by atomic mass is 16.5. The molecule has 1 heterocycles. The summed E-state index contributed by atoms with van der Waals surface area (Å²) in [7, 11) is 0. The summed E-state index contributed by atoms with van der Waals surface area (Å²) in [6.45, 7) is 4.96. The molecule has 0 fully saturated rings. The number of amides is 1. The summed E-state index contributed by atoms with van der Waals surface area (Å²) < 4.78 is 5.12. The Kier molecular flexibility index (Phi) is 5.88. The highest BCUT2D eigenvalue weighted by Gasteiger charge is 2.21. The van der Waals surface area contributed by atoms with Crippen LogP contribution < -0.4 is 10.6 Å². The first-order valence-corrected chi connectivity index (χ1v) is 9.03. The minimum atomic E-state index is -0.477. The van der Waals surface area contributed by atoms with Gasteiger partial charge in [0.25, 0.3) is 5.91 Å². The standard InChI is InChI=1S/C21H23N3O3/c1-3-27-21(26)20-19(16-11-14(2)9-10-17(16)23-20)24-18(25)13-22-12-15-7-5-4-6-8-15/h4-11,22-23H,3,12-13H2,1-2H3,(H,24,25)/p+1. The number of carbonyl (C=O) groups excluding carboxylic acids is 2. The number of nitrogens with two attached hydrogens (primary N) is 1. The average Bonchev–Trinajstić information content (AvgIpc) is 3.00. The van der Waals surface area contributed by atoms with Gasteiger partial charge in [0.05, 0.1) is 12.3 Å². The zero-order valence-electron chi connectivity index (χ0n) is 15.5. The van der Waals surface area contributed by atoms with Gasteiger partial charge in [-0.15, -0.1) is 0 Å². The van der Waals surface area contributed by atoms with Gasteiger partial charge >= 0.3 is 5.97 Å². The number of aryl methyl sites for hydroxylation is 1. The zero-order chi connectivity index (χ0) is 19.2. The van der Waals surface area contributed by atoms with E-state index in [0.717, 1.165) is 22.0 Å². The van der Waals surface area contributed by atoms with Crippen molar-refractivity contribution in [1.82, 2.24) is 4.98 Å². The number of hydrogen-bond acceptors (Lipinski definition) is 3. The Morgan fingerprint density at radius 3 is 2.67 bits per heavy atom. The van der Waals surface area contributed by atoms with E-state index in [1.807, 2.05) is 60.8 Å². The lowest BCUT2D eigenvalue weighted by Gasteiger charge is -2.07. The van der Waals surface area contributed by atoms with Gasteiger partial charge in [-0.05, 0) is 26.0 Å². The van der Waals surface area contributed by atoms with E-state index in [1.54, 1.807) is 6.92 Å². The van der Waals surface area contributed by atoms with E-state index in [9.17, 15) is 9.59 Å². The maximum absolute atomic E-state index is 12.5. The number of hydrogen-bond donors (Lipinski definition) is 3. The van der Waals surface area contributed by atoms with Crippen LogP contribution in [-0.4, -0.2) is 30.0 Å². The van der Waals surface area contributed by atoms with Crippen molar-refractivity contribution in [3.05, 3.63) is 65.4 Å². The van der Waals surface area contributed by atoms with Crippen molar-refractivity contribution in [3.8, 4) is 0 Å². The number of benzene rings is 2. The average molecular weight is 366 g/mol. The first-order chi connectivity index (χ1) is 13.1. The second-order valence-corrected chi connectivity index (χ2v) is 6.38. The van der Waals surface area contributed by atoms with Gasteiger partial charge in [0, 0.05) is 16.5 Å². The highest BCUT2D eigenvalue weighted by molar-refractivity contribution is 6.11. The Bertz CT molecular complexity index is 948. The number of esters is 1. The fourth-order valence-electron chi connectivity index (χ4n) is 2.97. The normalized spacial score (nSPS) is 10.7. The fraction of sp³-hybridized carbons (Fsp3) is 0.238. The van der Waals surface area contributed by atoms with E-state index in [0.29, 0.717) is 12.2 Å². The lowest BCUT2D eigenvalue weighted by Crippen LogP contribution is -2.84. The fourth-order valence-corrected chi connectivity index (χ4v) is 2.97.